The van der Waals surface area contributed by atoms with Crippen LogP contribution >= 0.6 is 0 Å². The molecular weight excluding hydrogens is 234 g/mol. The van der Waals surface area contributed by atoms with Gasteiger partial charge in [0.15, 0.2) is 5.82 Å². The molecular formula is C16H19N3. The summed E-state index contributed by atoms with van der Waals surface area (Å²) in [6.07, 6.45) is 1.86. The number of nitrogens with zero attached hydrogens (tertiary/aromatic N) is 3. The quantitative estimate of drug-likeness (QED) is 0.776. The van der Waals surface area contributed by atoms with Crippen molar-refractivity contribution in [3.63, 3.8) is 0 Å². The highest BCUT2D eigenvalue weighted by Gasteiger charge is 2.27. The van der Waals surface area contributed by atoms with Crippen LogP contribution in [0.4, 0.5) is 17.2 Å². The zero-order valence-corrected chi connectivity index (χ0v) is 11.7. The molecule has 1 aliphatic rings. The Morgan fingerprint density at radius 3 is 2.63 bits per heavy atom. The molecule has 0 bridgehead atoms. The summed E-state index contributed by atoms with van der Waals surface area (Å²) in [5.41, 5.74) is 3.77. The summed E-state index contributed by atoms with van der Waals surface area (Å²) in [5, 5.41) is 0. The predicted octanol–water partition coefficient (Wildman–Crippen LogP) is 3.37. The Balaban J connectivity index is 2.13. The zero-order chi connectivity index (χ0) is 13.4. The van der Waals surface area contributed by atoms with Gasteiger partial charge in [0.25, 0.3) is 0 Å². The Morgan fingerprint density at radius 2 is 1.84 bits per heavy atom. The first-order valence-electron chi connectivity index (χ1n) is 6.69. The van der Waals surface area contributed by atoms with Crippen molar-refractivity contribution in [1.82, 2.24) is 4.98 Å². The van der Waals surface area contributed by atoms with Gasteiger partial charge in [-0.25, -0.2) is 4.98 Å². The zero-order valence-electron chi connectivity index (χ0n) is 11.7. The van der Waals surface area contributed by atoms with Crippen molar-refractivity contribution >= 4 is 17.2 Å². The number of hydrogen-bond donors (Lipinski definition) is 0. The minimum absolute atomic E-state index is 0.446. The maximum Gasteiger partial charge on any atom is 0.152 e. The van der Waals surface area contributed by atoms with Crippen LogP contribution in [0.3, 0.4) is 0 Å². The van der Waals surface area contributed by atoms with E-state index in [1.54, 1.807) is 0 Å². The first-order valence-corrected chi connectivity index (χ1v) is 6.69. The van der Waals surface area contributed by atoms with Gasteiger partial charge in [0, 0.05) is 31.5 Å². The third-order valence-electron chi connectivity index (χ3n) is 3.91. The number of anilines is 3. The fourth-order valence-electron chi connectivity index (χ4n) is 2.66. The SMILES string of the molecule is Cc1ccccc1N1C[C@H](C)N(C)c2ncccc21. The van der Waals surface area contributed by atoms with Gasteiger partial charge in [-0.05, 0) is 37.6 Å². The minimum atomic E-state index is 0.446. The maximum absolute atomic E-state index is 4.54. The first-order chi connectivity index (χ1) is 9.18. The fraction of sp³-hybridized carbons (Fsp3) is 0.312. The lowest BCUT2D eigenvalue weighted by atomic mass is 10.1. The molecule has 3 heteroatoms. The highest BCUT2D eigenvalue weighted by atomic mass is 15.3. The first kappa shape index (κ1) is 12.0. The van der Waals surface area contributed by atoms with E-state index in [9.17, 15) is 0 Å². The van der Waals surface area contributed by atoms with Gasteiger partial charge >= 0.3 is 0 Å². The number of likely N-dealkylation sites (N-methyl/N-ethyl adjacent to an activating group) is 1. The van der Waals surface area contributed by atoms with E-state index in [2.05, 4.69) is 66.0 Å². The van der Waals surface area contributed by atoms with Gasteiger partial charge in [-0.2, -0.15) is 0 Å². The van der Waals surface area contributed by atoms with Gasteiger partial charge in [0.2, 0.25) is 0 Å². The molecule has 0 amide bonds. The lowest BCUT2D eigenvalue weighted by Gasteiger charge is -2.40. The molecule has 1 aromatic heterocycles. The van der Waals surface area contributed by atoms with Crippen LogP contribution in [-0.4, -0.2) is 24.6 Å². The van der Waals surface area contributed by atoms with Crippen LogP contribution in [0.25, 0.3) is 0 Å². The van der Waals surface area contributed by atoms with E-state index in [0.29, 0.717) is 6.04 Å². The Hall–Kier alpha value is -2.03. The van der Waals surface area contributed by atoms with Gasteiger partial charge in [0.05, 0.1) is 5.69 Å². The number of pyridine rings is 1. The molecule has 0 radical (unpaired) electrons. The number of fused-ring (bicyclic) bond motifs is 1. The van der Waals surface area contributed by atoms with Crippen LogP contribution in [0.15, 0.2) is 42.6 Å². The topological polar surface area (TPSA) is 19.4 Å². The van der Waals surface area contributed by atoms with Gasteiger partial charge < -0.3 is 9.80 Å². The van der Waals surface area contributed by atoms with E-state index in [1.165, 1.54) is 16.9 Å². The molecule has 0 unspecified atom stereocenters. The molecule has 19 heavy (non-hydrogen) atoms. The standard InChI is InChI=1S/C16H19N3/c1-12-7-4-5-8-14(12)19-11-13(2)18(3)16-15(19)9-6-10-17-16/h4-10,13H,11H2,1-3H3/t13-/m0/s1. The normalized spacial score (nSPS) is 18.4. The highest BCUT2D eigenvalue weighted by Crippen LogP contribution is 2.38. The summed E-state index contributed by atoms with van der Waals surface area (Å²) >= 11 is 0. The Kier molecular flexibility index (Phi) is 2.90. The van der Waals surface area contributed by atoms with Crippen LogP contribution in [0, 0.1) is 6.92 Å². The molecule has 0 saturated carbocycles. The lowest BCUT2D eigenvalue weighted by molar-refractivity contribution is 0.651. The van der Waals surface area contributed by atoms with Crippen molar-refractivity contribution in [2.24, 2.45) is 0 Å². The smallest absolute Gasteiger partial charge is 0.152 e. The van der Waals surface area contributed by atoms with Crippen molar-refractivity contribution in [1.29, 1.82) is 0 Å². The molecule has 0 N–H and O–H groups in total. The molecule has 3 rings (SSSR count). The lowest BCUT2D eigenvalue weighted by Crippen LogP contribution is -2.44. The summed E-state index contributed by atoms with van der Waals surface area (Å²) < 4.78 is 0. The van der Waals surface area contributed by atoms with Crippen LogP contribution in [0.5, 0.6) is 0 Å². The second-order valence-corrected chi connectivity index (χ2v) is 5.20. The van der Waals surface area contributed by atoms with E-state index in [0.717, 1.165) is 12.4 Å². The van der Waals surface area contributed by atoms with E-state index >= 15 is 0 Å². The van der Waals surface area contributed by atoms with Crippen molar-refractivity contribution in [2.45, 2.75) is 19.9 Å². The Morgan fingerprint density at radius 1 is 1.11 bits per heavy atom. The average Bonchev–Trinajstić information content (AvgIpc) is 2.44. The minimum Gasteiger partial charge on any atom is -0.353 e. The molecule has 0 saturated heterocycles. The largest absolute Gasteiger partial charge is 0.353 e. The monoisotopic (exact) mass is 253 g/mol. The van der Waals surface area contributed by atoms with E-state index in [-0.39, 0.29) is 0 Å². The van der Waals surface area contributed by atoms with Gasteiger partial charge in [-0.3, -0.25) is 0 Å². The van der Waals surface area contributed by atoms with Gasteiger partial charge in [-0.15, -0.1) is 0 Å². The number of benzene rings is 1. The number of para-hydroxylation sites is 1. The Bertz CT molecular complexity index is 594. The van der Waals surface area contributed by atoms with Crippen molar-refractivity contribution < 1.29 is 0 Å². The van der Waals surface area contributed by atoms with Gasteiger partial charge in [-0.1, -0.05) is 18.2 Å². The third-order valence-corrected chi connectivity index (χ3v) is 3.91. The second-order valence-electron chi connectivity index (χ2n) is 5.20. The van der Waals surface area contributed by atoms with Crippen LogP contribution in [0.1, 0.15) is 12.5 Å². The van der Waals surface area contributed by atoms with Crippen molar-refractivity contribution in [2.75, 3.05) is 23.4 Å². The van der Waals surface area contributed by atoms with Crippen LogP contribution < -0.4 is 9.80 Å². The third kappa shape index (κ3) is 1.95. The summed E-state index contributed by atoms with van der Waals surface area (Å²) in [5.74, 6) is 1.06. The number of hydrogen-bond acceptors (Lipinski definition) is 3. The molecule has 2 aromatic rings. The molecule has 98 valence electrons. The molecule has 0 aliphatic carbocycles. The second kappa shape index (κ2) is 4.57. The van der Waals surface area contributed by atoms with E-state index in [1.807, 2.05) is 12.3 Å². The number of aromatic nitrogens is 1. The molecule has 1 atom stereocenters. The molecule has 2 heterocycles. The summed E-state index contributed by atoms with van der Waals surface area (Å²) in [4.78, 5) is 9.17. The summed E-state index contributed by atoms with van der Waals surface area (Å²) in [7, 11) is 2.12. The van der Waals surface area contributed by atoms with Crippen LogP contribution in [0.2, 0.25) is 0 Å². The molecule has 1 aliphatic heterocycles. The fourth-order valence-corrected chi connectivity index (χ4v) is 2.66. The van der Waals surface area contributed by atoms with Crippen molar-refractivity contribution in [3.05, 3.63) is 48.2 Å². The highest BCUT2D eigenvalue weighted by molar-refractivity contribution is 5.78. The maximum atomic E-state index is 4.54. The number of aryl methyl sites for hydroxylation is 1. The van der Waals surface area contributed by atoms with Crippen molar-refractivity contribution in [3.8, 4) is 0 Å². The Labute approximate surface area is 114 Å². The predicted molar refractivity (Wildman–Crippen MR) is 80.3 cm³/mol. The van der Waals surface area contributed by atoms with E-state index < -0.39 is 0 Å². The van der Waals surface area contributed by atoms with Crippen LogP contribution in [-0.2, 0) is 0 Å². The number of rotatable bonds is 1. The van der Waals surface area contributed by atoms with Gasteiger partial charge in [0.1, 0.15) is 0 Å². The molecule has 1 aromatic carbocycles. The van der Waals surface area contributed by atoms with E-state index in [4.69, 9.17) is 0 Å². The summed E-state index contributed by atoms with van der Waals surface area (Å²) in [6.45, 7) is 5.39. The molecule has 0 fully saturated rings. The molecule has 0 spiro atoms. The molecule has 3 nitrogen and oxygen atoms in total. The summed E-state index contributed by atoms with van der Waals surface area (Å²) in [6, 6.07) is 13.1. The average molecular weight is 253 g/mol.